The molecule has 6 nitrogen and oxygen atoms in total. The average molecular weight is 261 g/mol. The third kappa shape index (κ3) is 2.73. The summed E-state index contributed by atoms with van der Waals surface area (Å²) in [6.07, 6.45) is 1.44. The van der Waals surface area contributed by atoms with E-state index in [-0.39, 0.29) is 17.0 Å². The number of aromatic amines is 1. The lowest BCUT2D eigenvalue weighted by Gasteiger charge is -2.16. The first kappa shape index (κ1) is 13.1. The molecule has 0 saturated heterocycles. The van der Waals surface area contributed by atoms with Gasteiger partial charge in [0.15, 0.2) is 0 Å². The van der Waals surface area contributed by atoms with Gasteiger partial charge in [-0.15, -0.1) is 0 Å². The molecule has 19 heavy (non-hydrogen) atoms. The molecule has 0 unspecified atom stereocenters. The van der Waals surface area contributed by atoms with Crippen molar-refractivity contribution < 1.29 is 9.32 Å². The minimum Gasteiger partial charge on any atom is -0.364 e. The summed E-state index contributed by atoms with van der Waals surface area (Å²) in [4.78, 5) is 28.2. The predicted molar refractivity (Wildman–Crippen MR) is 68.8 cm³/mol. The topological polar surface area (TPSA) is 79.2 Å². The summed E-state index contributed by atoms with van der Waals surface area (Å²) < 4.78 is 4.71. The zero-order valence-electron chi connectivity index (χ0n) is 11.1. The number of H-pyrrole nitrogens is 1. The van der Waals surface area contributed by atoms with Crippen molar-refractivity contribution in [1.29, 1.82) is 0 Å². The van der Waals surface area contributed by atoms with Gasteiger partial charge in [-0.3, -0.25) is 9.59 Å². The van der Waals surface area contributed by atoms with E-state index in [1.807, 2.05) is 0 Å². The number of hydrogen-bond acceptors (Lipinski definition) is 4. The van der Waals surface area contributed by atoms with Crippen LogP contribution in [0.15, 0.2) is 27.7 Å². The van der Waals surface area contributed by atoms with E-state index in [2.05, 4.69) is 10.1 Å². The lowest BCUT2D eigenvalue weighted by atomic mass is 10.1. The van der Waals surface area contributed by atoms with Gasteiger partial charge in [-0.25, -0.2) is 0 Å². The summed E-state index contributed by atoms with van der Waals surface area (Å²) in [7, 11) is 1.62. The highest BCUT2D eigenvalue weighted by Crippen LogP contribution is 2.08. The molecule has 0 spiro atoms. The van der Waals surface area contributed by atoms with Gasteiger partial charge in [0.1, 0.15) is 17.5 Å². The Balaban J connectivity index is 2.27. The number of nitrogens with one attached hydrogen (secondary N) is 1. The lowest BCUT2D eigenvalue weighted by Crippen LogP contribution is -2.32. The quantitative estimate of drug-likeness (QED) is 0.901. The molecule has 1 amide bonds. The second kappa shape index (κ2) is 5.09. The Morgan fingerprint density at radius 1 is 1.47 bits per heavy atom. The summed E-state index contributed by atoms with van der Waals surface area (Å²) in [5.74, 6) is -0.332. The van der Waals surface area contributed by atoms with Crippen LogP contribution in [-0.4, -0.2) is 28.0 Å². The van der Waals surface area contributed by atoms with Crippen LogP contribution in [0.25, 0.3) is 0 Å². The molecule has 0 atom stereocenters. The minimum atomic E-state index is -0.366. The Labute approximate surface area is 110 Å². The highest BCUT2D eigenvalue weighted by molar-refractivity contribution is 5.95. The predicted octanol–water partition coefficient (Wildman–Crippen LogP) is 1.25. The highest BCUT2D eigenvalue weighted by Gasteiger charge is 2.19. The number of nitrogens with zero attached hydrogens (tertiary/aromatic N) is 2. The van der Waals surface area contributed by atoms with Crippen molar-refractivity contribution in [2.24, 2.45) is 0 Å². The molecule has 0 aromatic carbocycles. The molecule has 1 N–H and O–H groups in total. The summed E-state index contributed by atoms with van der Waals surface area (Å²) in [6.45, 7) is 3.82. The van der Waals surface area contributed by atoms with E-state index in [4.69, 9.17) is 4.52 Å². The molecule has 0 radical (unpaired) electrons. The fourth-order valence-corrected chi connectivity index (χ4v) is 1.94. The van der Waals surface area contributed by atoms with Crippen LogP contribution < -0.4 is 5.56 Å². The average Bonchev–Trinajstić information content (AvgIpc) is 2.80. The second-order valence-electron chi connectivity index (χ2n) is 4.49. The molecule has 0 fully saturated rings. The smallest absolute Gasteiger partial charge is 0.261 e. The first-order valence-electron chi connectivity index (χ1n) is 5.84. The third-order valence-electron chi connectivity index (χ3n) is 2.82. The molecule has 2 aromatic heterocycles. The van der Waals surface area contributed by atoms with E-state index >= 15 is 0 Å². The van der Waals surface area contributed by atoms with Crippen molar-refractivity contribution in [3.63, 3.8) is 0 Å². The van der Waals surface area contributed by atoms with Crippen LogP contribution in [-0.2, 0) is 6.54 Å². The molecule has 2 heterocycles. The molecule has 0 bridgehead atoms. The Bertz CT molecular complexity index is 644. The molecule has 2 rings (SSSR count). The molecule has 0 aliphatic rings. The maximum atomic E-state index is 12.3. The van der Waals surface area contributed by atoms with Gasteiger partial charge in [0.2, 0.25) is 0 Å². The van der Waals surface area contributed by atoms with Crippen molar-refractivity contribution in [2.75, 3.05) is 7.05 Å². The normalized spacial score (nSPS) is 10.5. The Hall–Kier alpha value is -2.37. The van der Waals surface area contributed by atoms with E-state index in [1.165, 1.54) is 11.2 Å². The Morgan fingerprint density at radius 3 is 2.79 bits per heavy atom. The van der Waals surface area contributed by atoms with Gasteiger partial charge in [-0.2, -0.15) is 0 Å². The van der Waals surface area contributed by atoms with Crippen molar-refractivity contribution in [1.82, 2.24) is 15.0 Å². The first-order valence-corrected chi connectivity index (χ1v) is 5.84. The molecular weight excluding hydrogens is 246 g/mol. The molecule has 2 aromatic rings. The zero-order chi connectivity index (χ0) is 14.0. The minimum absolute atomic E-state index is 0.164. The molecule has 0 aliphatic heterocycles. The van der Waals surface area contributed by atoms with Crippen LogP contribution in [0.4, 0.5) is 0 Å². The number of pyridine rings is 1. The number of hydrogen-bond donors (Lipinski definition) is 1. The largest absolute Gasteiger partial charge is 0.364 e. The molecule has 6 heteroatoms. The molecule has 100 valence electrons. The molecular formula is C13H15N3O3. The van der Waals surface area contributed by atoms with Crippen LogP contribution in [0.5, 0.6) is 0 Å². The number of carbonyl (C=O) groups is 1. The summed E-state index contributed by atoms with van der Waals surface area (Å²) >= 11 is 0. The first-order chi connectivity index (χ1) is 8.99. The summed E-state index contributed by atoms with van der Waals surface area (Å²) in [6, 6.07) is 3.45. The maximum Gasteiger partial charge on any atom is 0.261 e. The lowest BCUT2D eigenvalue weighted by molar-refractivity contribution is 0.0779. The Kier molecular flexibility index (Phi) is 3.50. The van der Waals surface area contributed by atoms with Crippen molar-refractivity contribution in [3.8, 4) is 0 Å². The fourth-order valence-electron chi connectivity index (χ4n) is 1.94. The summed E-state index contributed by atoms with van der Waals surface area (Å²) in [5.41, 5.74) is 1.83. The van der Waals surface area contributed by atoms with Gasteiger partial charge in [0.25, 0.3) is 11.5 Å². The van der Waals surface area contributed by atoms with Gasteiger partial charge in [0.05, 0.1) is 6.54 Å². The van der Waals surface area contributed by atoms with E-state index in [0.717, 1.165) is 5.69 Å². The zero-order valence-corrected chi connectivity index (χ0v) is 11.1. The van der Waals surface area contributed by atoms with Crippen LogP contribution in [0.3, 0.4) is 0 Å². The highest BCUT2D eigenvalue weighted by atomic mass is 16.5. The van der Waals surface area contributed by atoms with E-state index in [1.54, 1.807) is 33.0 Å². The van der Waals surface area contributed by atoms with Crippen LogP contribution in [0, 0.1) is 13.8 Å². The third-order valence-corrected chi connectivity index (χ3v) is 2.82. The summed E-state index contributed by atoms with van der Waals surface area (Å²) in [5, 5.41) is 3.74. The van der Waals surface area contributed by atoms with Crippen LogP contribution in [0.1, 0.15) is 27.3 Å². The maximum absolute atomic E-state index is 12.3. The van der Waals surface area contributed by atoms with Crippen LogP contribution in [0.2, 0.25) is 0 Å². The Morgan fingerprint density at radius 2 is 2.21 bits per heavy atom. The number of carbonyl (C=O) groups excluding carboxylic acids is 1. The van der Waals surface area contributed by atoms with Gasteiger partial charge >= 0.3 is 0 Å². The van der Waals surface area contributed by atoms with Gasteiger partial charge < -0.3 is 14.4 Å². The van der Waals surface area contributed by atoms with E-state index in [9.17, 15) is 9.59 Å². The van der Waals surface area contributed by atoms with E-state index < -0.39 is 0 Å². The molecule has 0 aliphatic carbocycles. The van der Waals surface area contributed by atoms with Gasteiger partial charge in [0, 0.05) is 18.8 Å². The monoisotopic (exact) mass is 261 g/mol. The number of amides is 1. The number of aryl methyl sites for hydroxylation is 2. The molecule has 0 saturated carbocycles. The van der Waals surface area contributed by atoms with Crippen molar-refractivity contribution in [3.05, 3.63) is 51.3 Å². The van der Waals surface area contributed by atoms with E-state index in [0.29, 0.717) is 17.8 Å². The SMILES string of the molecule is Cc1cc(C)c(C(=O)N(C)Cc2ccon2)c(=O)[nH]1. The van der Waals surface area contributed by atoms with Gasteiger partial charge in [-0.1, -0.05) is 5.16 Å². The van der Waals surface area contributed by atoms with Crippen molar-refractivity contribution >= 4 is 5.91 Å². The van der Waals surface area contributed by atoms with Gasteiger partial charge in [-0.05, 0) is 25.5 Å². The fraction of sp³-hybridized carbons (Fsp3) is 0.308. The standard InChI is InChI=1S/C13H15N3O3/c1-8-6-9(2)14-12(17)11(8)13(18)16(3)7-10-4-5-19-15-10/h4-6H,7H2,1-3H3,(H,14,17). The van der Waals surface area contributed by atoms with Crippen LogP contribution >= 0.6 is 0 Å². The number of rotatable bonds is 3. The second-order valence-corrected chi connectivity index (χ2v) is 4.49. The number of aromatic nitrogens is 2. The van der Waals surface area contributed by atoms with Crippen molar-refractivity contribution in [2.45, 2.75) is 20.4 Å².